The first-order valence-electron chi connectivity index (χ1n) is 4.40. The van der Waals surface area contributed by atoms with Crippen molar-refractivity contribution in [3.05, 3.63) is 35.4 Å². The Kier molecular flexibility index (Phi) is 3.74. The Morgan fingerprint density at radius 3 is 2.27 bits per heavy atom. The Morgan fingerprint density at radius 2 is 1.87 bits per heavy atom. The van der Waals surface area contributed by atoms with E-state index in [2.05, 4.69) is 0 Å². The van der Waals surface area contributed by atoms with Crippen LogP contribution in [0.25, 0.3) is 0 Å². The van der Waals surface area contributed by atoms with Gasteiger partial charge in [0.15, 0.2) is 0 Å². The lowest BCUT2D eigenvalue weighted by atomic mass is 9.96. The normalized spacial score (nSPS) is 12.5. The Balaban J connectivity index is 2.95. The van der Waals surface area contributed by atoms with E-state index in [0.29, 0.717) is 0 Å². The quantitative estimate of drug-likeness (QED) is 0.799. The molecule has 0 aliphatic carbocycles. The van der Waals surface area contributed by atoms with E-state index in [4.69, 9.17) is 10.8 Å². The van der Waals surface area contributed by atoms with Crippen LogP contribution in [0.3, 0.4) is 0 Å². The standard InChI is InChI=1S/C10H11F2NO2/c11-8-1-6(2-9(12)4-8)7(5-13)3-10(14)15/h1-2,4,7H,3,5,13H2,(H,14,15). The van der Waals surface area contributed by atoms with E-state index < -0.39 is 23.5 Å². The summed E-state index contributed by atoms with van der Waals surface area (Å²) in [6, 6.07) is 2.94. The van der Waals surface area contributed by atoms with Crippen molar-refractivity contribution in [3.8, 4) is 0 Å². The van der Waals surface area contributed by atoms with Crippen molar-refractivity contribution in [1.82, 2.24) is 0 Å². The van der Waals surface area contributed by atoms with E-state index in [9.17, 15) is 13.6 Å². The van der Waals surface area contributed by atoms with Gasteiger partial charge >= 0.3 is 5.97 Å². The van der Waals surface area contributed by atoms with Gasteiger partial charge in [-0.2, -0.15) is 0 Å². The molecule has 0 amide bonds. The van der Waals surface area contributed by atoms with E-state index in [1.165, 1.54) is 0 Å². The molecule has 1 unspecified atom stereocenters. The third-order valence-electron chi connectivity index (χ3n) is 2.06. The van der Waals surface area contributed by atoms with Gasteiger partial charge in [0.2, 0.25) is 0 Å². The number of nitrogens with two attached hydrogens (primary N) is 1. The summed E-state index contributed by atoms with van der Waals surface area (Å²) >= 11 is 0. The molecule has 0 spiro atoms. The van der Waals surface area contributed by atoms with Crippen molar-refractivity contribution in [1.29, 1.82) is 0 Å². The first kappa shape index (κ1) is 11.6. The maximum Gasteiger partial charge on any atom is 0.304 e. The summed E-state index contributed by atoms with van der Waals surface area (Å²) in [6.07, 6.45) is -0.237. The SMILES string of the molecule is NCC(CC(=O)O)c1cc(F)cc(F)c1. The predicted molar refractivity (Wildman–Crippen MR) is 50.4 cm³/mol. The minimum absolute atomic E-state index is 0.0369. The minimum atomic E-state index is -1.05. The molecule has 0 radical (unpaired) electrons. The van der Waals surface area contributed by atoms with Crippen LogP contribution in [0.1, 0.15) is 17.9 Å². The van der Waals surface area contributed by atoms with Crippen molar-refractivity contribution in [3.63, 3.8) is 0 Å². The van der Waals surface area contributed by atoms with Crippen molar-refractivity contribution in [2.75, 3.05) is 6.54 Å². The zero-order chi connectivity index (χ0) is 11.4. The van der Waals surface area contributed by atoms with E-state index in [1.807, 2.05) is 0 Å². The lowest BCUT2D eigenvalue weighted by Gasteiger charge is -2.12. The number of carboxylic acid groups (broad SMARTS) is 1. The van der Waals surface area contributed by atoms with E-state index >= 15 is 0 Å². The number of rotatable bonds is 4. The number of hydrogen-bond acceptors (Lipinski definition) is 2. The summed E-state index contributed by atoms with van der Waals surface area (Å²) in [7, 11) is 0. The van der Waals surface area contributed by atoms with Crippen molar-refractivity contribution in [2.24, 2.45) is 5.73 Å². The third kappa shape index (κ3) is 3.28. The fraction of sp³-hybridized carbons (Fsp3) is 0.300. The summed E-state index contributed by atoms with van der Waals surface area (Å²) in [5.41, 5.74) is 5.62. The molecule has 0 aliphatic rings. The average Bonchev–Trinajstić information content (AvgIpc) is 2.12. The molecule has 1 atom stereocenters. The summed E-state index contributed by atoms with van der Waals surface area (Å²) < 4.78 is 25.7. The molecule has 1 aromatic rings. The molecule has 1 rings (SSSR count). The molecular weight excluding hydrogens is 204 g/mol. The molecule has 0 fully saturated rings. The van der Waals surface area contributed by atoms with Crippen LogP contribution in [0.5, 0.6) is 0 Å². The maximum atomic E-state index is 12.8. The monoisotopic (exact) mass is 215 g/mol. The molecule has 3 nitrogen and oxygen atoms in total. The molecule has 1 aromatic carbocycles. The van der Waals surface area contributed by atoms with Gasteiger partial charge in [0.1, 0.15) is 11.6 Å². The Morgan fingerprint density at radius 1 is 1.33 bits per heavy atom. The van der Waals surface area contributed by atoms with Crippen LogP contribution in [0.15, 0.2) is 18.2 Å². The van der Waals surface area contributed by atoms with Gasteiger partial charge in [0.25, 0.3) is 0 Å². The van der Waals surface area contributed by atoms with Crippen LogP contribution in [0.2, 0.25) is 0 Å². The number of halogens is 2. The maximum absolute atomic E-state index is 12.8. The van der Waals surface area contributed by atoms with Crippen LogP contribution in [-0.4, -0.2) is 17.6 Å². The highest BCUT2D eigenvalue weighted by atomic mass is 19.1. The zero-order valence-corrected chi connectivity index (χ0v) is 7.91. The summed E-state index contributed by atoms with van der Waals surface area (Å²) in [5.74, 6) is -3.06. The van der Waals surface area contributed by atoms with Gasteiger partial charge in [-0.3, -0.25) is 4.79 Å². The lowest BCUT2D eigenvalue weighted by Crippen LogP contribution is -2.16. The van der Waals surface area contributed by atoms with Gasteiger partial charge in [0.05, 0.1) is 6.42 Å². The average molecular weight is 215 g/mol. The molecular formula is C10H11F2NO2. The molecule has 82 valence electrons. The number of carbonyl (C=O) groups is 1. The van der Waals surface area contributed by atoms with E-state index in [-0.39, 0.29) is 18.5 Å². The van der Waals surface area contributed by atoms with Gasteiger partial charge in [-0.15, -0.1) is 0 Å². The van der Waals surface area contributed by atoms with Crippen molar-refractivity contribution in [2.45, 2.75) is 12.3 Å². The van der Waals surface area contributed by atoms with Crippen molar-refractivity contribution < 1.29 is 18.7 Å². The topological polar surface area (TPSA) is 63.3 Å². The van der Waals surface area contributed by atoms with E-state index in [1.54, 1.807) is 0 Å². The highest BCUT2D eigenvalue weighted by molar-refractivity contribution is 5.68. The molecule has 0 aromatic heterocycles. The van der Waals surface area contributed by atoms with Crippen LogP contribution < -0.4 is 5.73 Å². The molecule has 0 aliphatic heterocycles. The highest BCUT2D eigenvalue weighted by Crippen LogP contribution is 2.20. The number of aliphatic carboxylic acids is 1. The zero-order valence-electron chi connectivity index (χ0n) is 7.91. The van der Waals surface area contributed by atoms with Gasteiger partial charge in [-0.25, -0.2) is 8.78 Å². The van der Waals surface area contributed by atoms with Crippen LogP contribution in [0.4, 0.5) is 8.78 Å². The lowest BCUT2D eigenvalue weighted by molar-refractivity contribution is -0.137. The first-order chi connectivity index (χ1) is 7.02. The number of carboxylic acids is 1. The summed E-state index contributed by atoms with van der Waals surface area (Å²) in [6.45, 7) is 0.0369. The molecule has 3 N–H and O–H groups in total. The van der Waals surface area contributed by atoms with Crippen LogP contribution in [0, 0.1) is 11.6 Å². The molecule has 0 bridgehead atoms. The largest absolute Gasteiger partial charge is 0.481 e. The van der Waals surface area contributed by atoms with Crippen LogP contribution >= 0.6 is 0 Å². The Labute approximate surface area is 85.5 Å². The molecule has 0 saturated carbocycles. The van der Waals surface area contributed by atoms with Gasteiger partial charge in [-0.1, -0.05) is 0 Å². The second-order valence-corrected chi connectivity index (χ2v) is 3.23. The predicted octanol–water partition coefficient (Wildman–Crippen LogP) is 1.48. The molecule has 0 heterocycles. The second kappa shape index (κ2) is 4.84. The van der Waals surface area contributed by atoms with Gasteiger partial charge in [-0.05, 0) is 24.2 Å². The Hall–Kier alpha value is -1.49. The molecule has 5 heteroatoms. The van der Waals surface area contributed by atoms with Gasteiger partial charge < -0.3 is 10.8 Å². The summed E-state index contributed by atoms with van der Waals surface area (Å²) in [4.78, 5) is 10.5. The van der Waals surface area contributed by atoms with Gasteiger partial charge in [0, 0.05) is 12.0 Å². The number of hydrogen-bond donors (Lipinski definition) is 2. The Bertz CT molecular complexity index is 348. The fourth-order valence-corrected chi connectivity index (χ4v) is 1.36. The first-order valence-corrected chi connectivity index (χ1v) is 4.40. The molecule has 0 saturated heterocycles. The smallest absolute Gasteiger partial charge is 0.304 e. The van der Waals surface area contributed by atoms with E-state index in [0.717, 1.165) is 18.2 Å². The third-order valence-corrected chi connectivity index (χ3v) is 2.06. The van der Waals surface area contributed by atoms with Crippen molar-refractivity contribution >= 4 is 5.97 Å². The summed E-state index contributed by atoms with van der Waals surface area (Å²) in [5, 5.41) is 8.57. The second-order valence-electron chi connectivity index (χ2n) is 3.23. The molecule has 15 heavy (non-hydrogen) atoms. The fourth-order valence-electron chi connectivity index (χ4n) is 1.36. The number of benzene rings is 1. The highest BCUT2D eigenvalue weighted by Gasteiger charge is 2.15. The minimum Gasteiger partial charge on any atom is -0.481 e. The van der Waals surface area contributed by atoms with Crippen LogP contribution in [-0.2, 0) is 4.79 Å².